The molecule has 0 N–H and O–H groups in total. The Balaban J connectivity index is 0.000000734. The Morgan fingerprint density at radius 3 is 1.52 bits per heavy atom. The van der Waals surface area contributed by atoms with Crippen molar-refractivity contribution in [1.29, 1.82) is 0 Å². The normalized spacial score (nSPS) is 18.8. The highest BCUT2D eigenvalue weighted by Crippen LogP contribution is 2.25. The van der Waals surface area contributed by atoms with E-state index in [1.54, 1.807) is 0 Å². The van der Waals surface area contributed by atoms with Crippen LogP contribution in [-0.2, 0) is 14.4 Å². The van der Waals surface area contributed by atoms with Crippen molar-refractivity contribution in [2.45, 2.75) is 74.1 Å². The molecular formula is C24H46N2O3. The number of hydrogen-bond acceptors (Lipinski definition) is 4. The van der Waals surface area contributed by atoms with E-state index >= 15 is 0 Å². The summed E-state index contributed by atoms with van der Waals surface area (Å²) < 4.78 is 0. The molecule has 0 aromatic heterocycles. The van der Waals surface area contributed by atoms with Gasteiger partial charge in [0.2, 0.25) is 5.91 Å². The molecule has 2 rings (SSSR count). The minimum absolute atomic E-state index is 0.121. The molecule has 2 fully saturated rings. The minimum Gasteiger partial charge on any atom is -0.342 e. The molecule has 0 aromatic rings. The van der Waals surface area contributed by atoms with Gasteiger partial charge < -0.3 is 14.6 Å². The Kier molecular flexibility index (Phi) is 14.1. The third-order valence-electron chi connectivity index (χ3n) is 5.12. The van der Waals surface area contributed by atoms with E-state index in [-0.39, 0.29) is 23.7 Å². The number of aldehydes is 1. The van der Waals surface area contributed by atoms with Crippen LogP contribution < -0.4 is 0 Å². The number of likely N-dealkylation sites (tertiary alicyclic amines) is 2. The summed E-state index contributed by atoms with van der Waals surface area (Å²) in [7, 11) is 2.11. The maximum atomic E-state index is 12.5. The summed E-state index contributed by atoms with van der Waals surface area (Å²) >= 11 is 0. The second kappa shape index (κ2) is 14.7. The summed E-state index contributed by atoms with van der Waals surface area (Å²) in [5.41, 5.74) is 0. The van der Waals surface area contributed by atoms with Gasteiger partial charge in [0.1, 0.15) is 12.1 Å². The molecule has 170 valence electrons. The lowest BCUT2D eigenvalue weighted by Crippen LogP contribution is -2.46. The van der Waals surface area contributed by atoms with Gasteiger partial charge in [0.25, 0.3) is 0 Å². The molecule has 2 heterocycles. The van der Waals surface area contributed by atoms with Crippen molar-refractivity contribution in [3.05, 3.63) is 0 Å². The van der Waals surface area contributed by atoms with Crippen LogP contribution in [0.15, 0.2) is 0 Å². The van der Waals surface area contributed by atoms with Crippen molar-refractivity contribution in [3.63, 3.8) is 0 Å². The first-order chi connectivity index (χ1) is 13.5. The molecule has 0 aliphatic carbocycles. The van der Waals surface area contributed by atoms with Crippen molar-refractivity contribution in [2.24, 2.45) is 29.6 Å². The molecule has 2 aliphatic heterocycles. The topological polar surface area (TPSA) is 57.7 Å². The van der Waals surface area contributed by atoms with Crippen LogP contribution in [0.2, 0.25) is 0 Å². The third kappa shape index (κ3) is 12.1. The summed E-state index contributed by atoms with van der Waals surface area (Å²) in [6.45, 7) is 17.7. The lowest BCUT2D eigenvalue weighted by atomic mass is 9.86. The highest BCUT2D eigenvalue weighted by atomic mass is 16.2. The van der Waals surface area contributed by atoms with Gasteiger partial charge in [0, 0.05) is 36.8 Å². The number of hydrogen-bond donors (Lipinski definition) is 0. The second-order valence-electron chi connectivity index (χ2n) is 9.85. The molecule has 0 spiro atoms. The Labute approximate surface area is 179 Å². The molecule has 2 aliphatic rings. The van der Waals surface area contributed by atoms with Gasteiger partial charge in [-0.3, -0.25) is 9.59 Å². The van der Waals surface area contributed by atoms with E-state index in [0.29, 0.717) is 11.7 Å². The Morgan fingerprint density at radius 2 is 1.17 bits per heavy atom. The van der Waals surface area contributed by atoms with Crippen molar-refractivity contribution < 1.29 is 14.4 Å². The largest absolute Gasteiger partial charge is 0.342 e. The van der Waals surface area contributed by atoms with Crippen molar-refractivity contribution in [1.82, 2.24) is 9.80 Å². The zero-order chi connectivity index (χ0) is 22.6. The van der Waals surface area contributed by atoms with Gasteiger partial charge in [-0.05, 0) is 51.7 Å². The van der Waals surface area contributed by atoms with Gasteiger partial charge in [-0.25, -0.2) is 0 Å². The lowest BCUT2D eigenvalue weighted by Gasteiger charge is -2.36. The number of piperidine rings is 2. The fourth-order valence-corrected chi connectivity index (χ4v) is 3.37. The van der Waals surface area contributed by atoms with Crippen molar-refractivity contribution in [3.8, 4) is 0 Å². The average molecular weight is 411 g/mol. The average Bonchev–Trinajstić information content (AvgIpc) is 2.67. The van der Waals surface area contributed by atoms with Gasteiger partial charge in [-0.2, -0.15) is 0 Å². The van der Waals surface area contributed by atoms with Crippen LogP contribution in [0.3, 0.4) is 0 Å². The van der Waals surface area contributed by atoms with Crippen molar-refractivity contribution in [2.75, 3.05) is 33.2 Å². The molecule has 0 bridgehead atoms. The van der Waals surface area contributed by atoms with Gasteiger partial charge in [0.15, 0.2) is 0 Å². The van der Waals surface area contributed by atoms with Crippen LogP contribution in [-0.4, -0.2) is 61.0 Å². The summed E-state index contributed by atoms with van der Waals surface area (Å²) in [6.07, 6.45) is 4.60. The Morgan fingerprint density at radius 1 is 0.793 bits per heavy atom. The number of nitrogens with zero attached hydrogens (tertiary/aromatic N) is 2. The second-order valence-corrected chi connectivity index (χ2v) is 9.85. The molecule has 0 atom stereocenters. The van der Waals surface area contributed by atoms with E-state index < -0.39 is 0 Å². The highest BCUT2D eigenvalue weighted by molar-refractivity contribution is 5.83. The molecule has 5 heteroatoms. The molecule has 0 radical (unpaired) electrons. The number of Topliss-reactive ketones (excluding diaryl/α,β-unsaturated/α-hetero) is 1. The van der Waals surface area contributed by atoms with Gasteiger partial charge in [-0.15, -0.1) is 0 Å². The third-order valence-corrected chi connectivity index (χ3v) is 5.12. The van der Waals surface area contributed by atoms with Gasteiger partial charge >= 0.3 is 0 Å². The first-order valence-corrected chi connectivity index (χ1v) is 11.5. The fourth-order valence-electron chi connectivity index (χ4n) is 3.37. The van der Waals surface area contributed by atoms with Crippen LogP contribution in [0, 0.1) is 29.6 Å². The first kappa shape index (κ1) is 27.8. The monoisotopic (exact) mass is 410 g/mol. The van der Waals surface area contributed by atoms with Gasteiger partial charge in [-0.1, -0.05) is 48.5 Å². The summed E-state index contributed by atoms with van der Waals surface area (Å²) in [4.78, 5) is 38.3. The number of carbonyl (C=O) groups is 3. The SMILES string of the molecule is CC(C)C.CC(C)C(=O)C1CCN(C(=O)C2CCN(C)CC2)CC1.CC(C)C=O. The summed E-state index contributed by atoms with van der Waals surface area (Å²) in [6, 6.07) is 0. The first-order valence-electron chi connectivity index (χ1n) is 11.5. The number of ketones is 1. The van der Waals surface area contributed by atoms with E-state index in [2.05, 4.69) is 32.7 Å². The smallest absolute Gasteiger partial charge is 0.225 e. The standard InChI is InChI=1S/C16H28N2O2.C4H8O.C4H10/c1-12(2)15(19)13-6-10-18(11-7-13)16(20)14-4-8-17(3)9-5-14;1-4(2)3-5;1-4(2)3/h12-14H,4-11H2,1-3H3;3-4H,1-2H3;4H,1-3H3. The predicted molar refractivity (Wildman–Crippen MR) is 121 cm³/mol. The quantitative estimate of drug-likeness (QED) is 0.649. The predicted octanol–water partition coefficient (Wildman–Crippen LogP) is 4.30. The Hall–Kier alpha value is -1.23. The van der Waals surface area contributed by atoms with Crippen LogP contribution in [0.5, 0.6) is 0 Å². The molecule has 0 saturated carbocycles. The lowest BCUT2D eigenvalue weighted by molar-refractivity contribution is -0.140. The molecule has 0 aromatic carbocycles. The Bertz CT molecular complexity index is 470. The minimum atomic E-state index is 0.121. The number of amides is 1. The van der Waals surface area contributed by atoms with Crippen LogP contribution in [0.25, 0.3) is 0 Å². The van der Waals surface area contributed by atoms with Crippen LogP contribution >= 0.6 is 0 Å². The zero-order valence-electron chi connectivity index (χ0n) is 20.2. The molecule has 0 unspecified atom stereocenters. The van der Waals surface area contributed by atoms with E-state index in [1.807, 2.05) is 32.6 Å². The fraction of sp³-hybridized carbons (Fsp3) is 0.875. The van der Waals surface area contributed by atoms with Crippen molar-refractivity contribution >= 4 is 18.0 Å². The van der Waals surface area contributed by atoms with Crippen LogP contribution in [0.1, 0.15) is 74.1 Å². The maximum absolute atomic E-state index is 12.5. The highest BCUT2D eigenvalue weighted by Gasteiger charge is 2.32. The number of carbonyl (C=O) groups excluding carboxylic acids is 3. The van der Waals surface area contributed by atoms with Crippen LogP contribution in [0.4, 0.5) is 0 Å². The molecule has 2 saturated heterocycles. The summed E-state index contributed by atoms with van der Waals surface area (Å²) in [5.74, 6) is 2.25. The van der Waals surface area contributed by atoms with E-state index in [1.165, 1.54) is 0 Å². The maximum Gasteiger partial charge on any atom is 0.225 e. The van der Waals surface area contributed by atoms with E-state index in [0.717, 1.165) is 64.1 Å². The number of rotatable bonds is 4. The van der Waals surface area contributed by atoms with E-state index in [9.17, 15) is 14.4 Å². The molecule has 1 amide bonds. The van der Waals surface area contributed by atoms with E-state index in [4.69, 9.17) is 0 Å². The molecular weight excluding hydrogens is 364 g/mol. The summed E-state index contributed by atoms with van der Waals surface area (Å²) in [5, 5.41) is 0. The molecule has 5 nitrogen and oxygen atoms in total. The zero-order valence-corrected chi connectivity index (χ0v) is 20.2. The van der Waals surface area contributed by atoms with Gasteiger partial charge in [0.05, 0.1) is 0 Å². The molecule has 29 heavy (non-hydrogen) atoms.